The average Bonchev–Trinajstić information content (AvgIpc) is 3.39. The fourth-order valence-corrected chi connectivity index (χ4v) is 2.73. The zero-order valence-corrected chi connectivity index (χ0v) is 13.4. The Morgan fingerprint density at radius 3 is 2.75 bits per heavy atom. The van der Waals surface area contributed by atoms with Crippen molar-refractivity contribution in [3.05, 3.63) is 65.6 Å². The minimum atomic E-state index is -0.415. The number of benzene rings is 1. The second-order valence-electron chi connectivity index (χ2n) is 6.02. The number of carbonyl (C=O) groups is 1. The fourth-order valence-electron chi connectivity index (χ4n) is 2.73. The molecule has 0 bridgehead atoms. The van der Waals surface area contributed by atoms with Crippen LogP contribution in [0, 0.1) is 0 Å². The first kappa shape index (κ1) is 14.8. The number of esters is 1. The van der Waals surface area contributed by atoms with Gasteiger partial charge in [-0.05, 0) is 18.4 Å². The Hall–Kier alpha value is -2.82. The lowest BCUT2D eigenvalue weighted by Gasteiger charge is -2.11. The van der Waals surface area contributed by atoms with Gasteiger partial charge in [0.2, 0.25) is 0 Å². The molecular weight excluding hydrogens is 304 g/mol. The highest BCUT2D eigenvalue weighted by atomic mass is 16.5. The molecule has 122 valence electrons. The van der Waals surface area contributed by atoms with E-state index in [9.17, 15) is 4.79 Å². The third-order valence-corrected chi connectivity index (χ3v) is 4.21. The summed E-state index contributed by atoms with van der Waals surface area (Å²) in [7, 11) is 1.37. The van der Waals surface area contributed by atoms with Crippen molar-refractivity contribution >= 4 is 11.6 Å². The van der Waals surface area contributed by atoms with Gasteiger partial charge in [-0.15, -0.1) is 0 Å². The Morgan fingerprint density at radius 2 is 2.04 bits per heavy atom. The standard InChI is InChI=1S/C19H18N2O3/c1-23-19(22)15-10-21-11-16(14-7-8-14)20-18(21)9-17(15)24-12-13-5-3-2-4-6-13/h2-6,9-11,14H,7-8,12H2,1H3. The number of nitrogens with zero attached hydrogens (tertiary/aromatic N) is 2. The molecule has 1 aliphatic rings. The highest BCUT2D eigenvalue weighted by molar-refractivity contribution is 5.92. The van der Waals surface area contributed by atoms with E-state index in [0.29, 0.717) is 23.8 Å². The van der Waals surface area contributed by atoms with Gasteiger partial charge in [-0.2, -0.15) is 0 Å². The number of hydrogen-bond donors (Lipinski definition) is 0. The maximum Gasteiger partial charge on any atom is 0.343 e. The van der Waals surface area contributed by atoms with Crippen LogP contribution in [0.5, 0.6) is 5.75 Å². The molecule has 4 rings (SSSR count). The fraction of sp³-hybridized carbons (Fsp3) is 0.263. The number of ether oxygens (including phenoxy) is 2. The first-order valence-electron chi connectivity index (χ1n) is 8.02. The van der Waals surface area contributed by atoms with Crippen LogP contribution in [0.1, 0.15) is 40.4 Å². The van der Waals surface area contributed by atoms with Gasteiger partial charge in [-0.3, -0.25) is 0 Å². The highest BCUT2D eigenvalue weighted by Gasteiger charge is 2.27. The van der Waals surface area contributed by atoms with E-state index in [4.69, 9.17) is 9.47 Å². The number of aromatic nitrogens is 2. The molecule has 0 amide bonds. The molecule has 0 radical (unpaired) electrons. The molecule has 0 spiro atoms. The van der Waals surface area contributed by atoms with Crippen molar-refractivity contribution in [2.24, 2.45) is 0 Å². The number of methoxy groups -OCH3 is 1. The zero-order valence-electron chi connectivity index (χ0n) is 13.4. The van der Waals surface area contributed by atoms with E-state index in [2.05, 4.69) is 4.98 Å². The molecule has 0 aliphatic heterocycles. The van der Waals surface area contributed by atoms with E-state index < -0.39 is 5.97 Å². The van der Waals surface area contributed by atoms with Crippen molar-refractivity contribution < 1.29 is 14.3 Å². The molecule has 0 saturated heterocycles. The van der Waals surface area contributed by atoms with Gasteiger partial charge in [-0.25, -0.2) is 9.78 Å². The van der Waals surface area contributed by atoms with Gasteiger partial charge in [0, 0.05) is 24.4 Å². The molecule has 5 nitrogen and oxygen atoms in total. The Labute approximate surface area is 139 Å². The van der Waals surface area contributed by atoms with Crippen molar-refractivity contribution in [1.82, 2.24) is 9.38 Å². The average molecular weight is 322 g/mol. The van der Waals surface area contributed by atoms with Gasteiger partial charge >= 0.3 is 5.97 Å². The number of fused-ring (bicyclic) bond motifs is 1. The predicted molar refractivity (Wildman–Crippen MR) is 89.3 cm³/mol. The first-order valence-corrected chi connectivity index (χ1v) is 8.02. The summed E-state index contributed by atoms with van der Waals surface area (Å²) in [6, 6.07) is 11.6. The van der Waals surface area contributed by atoms with E-state index in [1.165, 1.54) is 20.0 Å². The molecule has 2 aromatic heterocycles. The summed E-state index contributed by atoms with van der Waals surface area (Å²) in [5.74, 6) is 0.632. The van der Waals surface area contributed by atoms with Gasteiger partial charge in [0.1, 0.15) is 23.6 Å². The van der Waals surface area contributed by atoms with Crippen LogP contribution in [-0.2, 0) is 11.3 Å². The maximum absolute atomic E-state index is 12.1. The second-order valence-corrected chi connectivity index (χ2v) is 6.02. The van der Waals surface area contributed by atoms with E-state index in [-0.39, 0.29) is 0 Å². The van der Waals surface area contributed by atoms with Crippen LogP contribution in [0.4, 0.5) is 0 Å². The van der Waals surface area contributed by atoms with Crippen LogP contribution < -0.4 is 4.74 Å². The van der Waals surface area contributed by atoms with E-state index >= 15 is 0 Å². The van der Waals surface area contributed by atoms with Crippen molar-refractivity contribution in [2.45, 2.75) is 25.4 Å². The minimum absolute atomic E-state index is 0.386. The van der Waals surface area contributed by atoms with Crippen LogP contribution >= 0.6 is 0 Å². The van der Waals surface area contributed by atoms with Crippen molar-refractivity contribution in [1.29, 1.82) is 0 Å². The lowest BCUT2D eigenvalue weighted by Crippen LogP contribution is -2.07. The summed E-state index contributed by atoms with van der Waals surface area (Å²) in [5, 5.41) is 0. The Balaban J connectivity index is 1.69. The van der Waals surface area contributed by atoms with Crippen LogP contribution in [-0.4, -0.2) is 22.5 Å². The minimum Gasteiger partial charge on any atom is -0.488 e. The molecule has 24 heavy (non-hydrogen) atoms. The quantitative estimate of drug-likeness (QED) is 0.674. The molecule has 5 heteroatoms. The summed E-state index contributed by atoms with van der Waals surface area (Å²) in [4.78, 5) is 16.8. The molecule has 1 aliphatic carbocycles. The predicted octanol–water partition coefficient (Wildman–Crippen LogP) is 3.58. The lowest BCUT2D eigenvalue weighted by molar-refractivity contribution is 0.0595. The zero-order chi connectivity index (χ0) is 16.5. The van der Waals surface area contributed by atoms with E-state index in [1.807, 2.05) is 40.9 Å². The molecule has 1 aromatic carbocycles. The molecule has 3 aromatic rings. The topological polar surface area (TPSA) is 52.8 Å². The summed E-state index contributed by atoms with van der Waals surface area (Å²) < 4.78 is 12.6. The molecule has 1 saturated carbocycles. The van der Waals surface area contributed by atoms with Gasteiger partial charge in [0.25, 0.3) is 0 Å². The second kappa shape index (κ2) is 6.00. The van der Waals surface area contributed by atoms with Crippen LogP contribution in [0.15, 0.2) is 48.8 Å². The molecule has 1 fully saturated rings. The van der Waals surface area contributed by atoms with Crippen molar-refractivity contribution in [2.75, 3.05) is 7.11 Å². The number of pyridine rings is 1. The van der Waals surface area contributed by atoms with Gasteiger partial charge < -0.3 is 13.9 Å². The lowest BCUT2D eigenvalue weighted by atomic mass is 10.2. The summed E-state index contributed by atoms with van der Waals surface area (Å²) in [6.45, 7) is 0.386. The molecule has 0 unspecified atom stereocenters. The van der Waals surface area contributed by atoms with E-state index in [1.54, 1.807) is 12.3 Å². The summed E-state index contributed by atoms with van der Waals surface area (Å²) in [6.07, 6.45) is 6.09. The molecule has 2 heterocycles. The molecule has 0 N–H and O–H groups in total. The summed E-state index contributed by atoms with van der Waals surface area (Å²) >= 11 is 0. The molecule has 0 atom stereocenters. The van der Waals surface area contributed by atoms with Crippen LogP contribution in [0.2, 0.25) is 0 Å². The maximum atomic E-state index is 12.1. The van der Waals surface area contributed by atoms with Crippen molar-refractivity contribution in [3.8, 4) is 5.75 Å². The Morgan fingerprint density at radius 1 is 1.25 bits per heavy atom. The third kappa shape index (κ3) is 2.85. The van der Waals surface area contributed by atoms with Crippen LogP contribution in [0.3, 0.4) is 0 Å². The number of carbonyl (C=O) groups excluding carboxylic acids is 1. The Kier molecular flexibility index (Phi) is 3.69. The van der Waals surface area contributed by atoms with Gasteiger partial charge in [0.05, 0.1) is 12.8 Å². The smallest absolute Gasteiger partial charge is 0.343 e. The third-order valence-electron chi connectivity index (χ3n) is 4.21. The molecular formula is C19H18N2O3. The number of rotatable bonds is 5. The largest absolute Gasteiger partial charge is 0.488 e. The normalized spacial score (nSPS) is 13.9. The van der Waals surface area contributed by atoms with Gasteiger partial charge in [-0.1, -0.05) is 30.3 Å². The summed E-state index contributed by atoms with van der Waals surface area (Å²) in [5.41, 5.74) is 3.30. The Bertz CT molecular complexity index is 882. The van der Waals surface area contributed by atoms with E-state index in [0.717, 1.165) is 16.9 Å². The van der Waals surface area contributed by atoms with Crippen LogP contribution in [0.25, 0.3) is 5.65 Å². The monoisotopic (exact) mass is 322 g/mol. The first-order chi connectivity index (χ1) is 11.7. The SMILES string of the molecule is COC(=O)c1cn2cc(C3CC3)nc2cc1OCc1ccccc1. The highest BCUT2D eigenvalue weighted by Crippen LogP contribution is 2.39. The number of imidazole rings is 1. The number of hydrogen-bond acceptors (Lipinski definition) is 4. The van der Waals surface area contributed by atoms with Crippen molar-refractivity contribution in [3.63, 3.8) is 0 Å². The van der Waals surface area contributed by atoms with Gasteiger partial charge in [0.15, 0.2) is 0 Å².